The molecule has 1 rings (SSSR count). The van der Waals surface area contributed by atoms with Crippen molar-refractivity contribution in [3.63, 3.8) is 0 Å². The number of ether oxygens (including phenoxy) is 2. The van der Waals surface area contributed by atoms with Crippen LogP contribution in [0.2, 0.25) is 0 Å². The SMILES string of the molecule is C=C(C)C(=O)OC(C)C1(CCC)COC1. The van der Waals surface area contributed by atoms with Crippen molar-refractivity contribution in [2.75, 3.05) is 13.2 Å². The van der Waals surface area contributed by atoms with E-state index in [4.69, 9.17) is 9.47 Å². The zero-order valence-corrected chi connectivity index (χ0v) is 9.84. The second-order valence-electron chi connectivity index (χ2n) is 4.43. The van der Waals surface area contributed by atoms with Gasteiger partial charge in [0.2, 0.25) is 0 Å². The Kier molecular flexibility index (Phi) is 3.91. The molecule has 1 unspecified atom stereocenters. The predicted molar refractivity (Wildman–Crippen MR) is 58.5 cm³/mol. The van der Waals surface area contributed by atoms with Crippen LogP contribution in [0.15, 0.2) is 12.2 Å². The van der Waals surface area contributed by atoms with E-state index >= 15 is 0 Å². The maximum absolute atomic E-state index is 11.4. The van der Waals surface area contributed by atoms with Gasteiger partial charge in [0, 0.05) is 5.57 Å². The van der Waals surface area contributed by atoms with Crippen LogP contribution in [0.3, 0.4) is 0 Å². The van der Waals surface area contributed by atoms with Crippen LogP contribution in [0.1, 0.15) is 33.6 Å². The third-order valence-electron chi connectivity index (χ3n) is 3.02. The molecule has 1 heterocycles. The maximum Gasteiger partial charge on any atom is 0.333 e. The van der Waals surface area contributed by atoms with Gasteiger partial charge in [-0.15, -0.1) is 0 Å². The smallest absolute Gasteiger partial charge is 0.333 e. The van der Waals surface area contributed by atoms with Gasteiger partial charge in [-0.05, 0) is 20.3 Å². The fourth-order valence-electron chi connectivity index (χ4n) is 1.83. The van der Waals surface area contributed by atoms with Crippen molar-refractivity contribution in [2.24, 2.45) is 5.41 Å². The van der Waals surface area contributed by atoms with Crippen LogP contribution in [0.25, 0.3) is 0 Å². The van der Waals surface area contributed by atoms with E-state index in [9.17, 15) is 4.79 Å². The van der Waals surface area contributed by atoms with Crippen LogP contribution in [-0.4, -0.2) is 25.3 Å². The van der Waals surface area contributed by atoms with Crippen molar-refractivity contribution >= 4 is 5.97 Å². The molecule has 0 aromatic carbocycles. The standard InChI is InChI=1S/C12H20O3/c1-5-6-12(7-14-8-12)10(4)15-11(13)9(2)3/h10H,2,5-8H2,1,3-4H3. The summed E-state index contributed by atoms with van der Waals surface area (Å²) in [5.41, 5.74) is 0.494. The second-order valence-corrected chi connectivity index (χ2v) is 4.43. The maximum atomic E-state index is 11.4. The number of esters is 1. The van der Waals surface area contributed by atoms with Crippen molar-refractivity contribution < 1.29 is 14.3 Å². The molecule has 0 radical (unpaired) electrons. The van der Waals surface area contributed by atoms with E-state index in [1.807, 2.05) is 6.92 Å². The molecule has 0 saturated carbocycles. The van der Waals surface area contributed by atoms with Gasteiger partial charge in [-0.3, -0.25) is 0 Å². The summed E-state index contributed by atoms with van der Waals surface area (Å²) < 4.78 is 10.6. The summed E-state index contributed by atoms with van der Waals surface area (Å²) in [5.74, 6) is -0.301. The Morgan fingerprint density at radius 2 is 2.20 bits per heavy atom. The Morgan fingerprint density at radius 1 is 1.60 bits per heavy atom. The summed E-state index contributed by atoms with van der Waals surface area (Å²) in [6.45, 7) is 10.7. The number of carbonyl (C=O) groups excluding carboxylic acids is 1. The minimum absolute atomic E-state index is 0.0415. The highest BCUT2D eigenvalue weighted by molar-refractivity contribution is 5.87. The van der Waals surface area contributed by atoms with Crippen LogP contribution in [0, 0.1) is 5.41 Å². The van der Waals surface area contributed by atoms with Crippen LogP contribution in [-0.2, 0) is 14.3 Å². The predicted octanol–water partition coefficient (Wildman–Crippen LogP) is 2.31. The lowest BCUT2D eigenvalue weighted by Crippen LogP contribution is -2.51. The molecule has 1 aliphatic heterocycles. The van der Waals surface area contributed by atoms with Gasteiger partial charge in [0.05, 0.1) is 18.6 Å². The van der Waals surface area contributed by atoms with Gasteiger partial charge in [0.1, 0.15) is 6.10 Å². The monoisotopic (exact) mass is 212 g/mol. The largest absolute Gasteiger partial charge is 0.459 e. The Balaban J connectivity index is 2.54. The zero-order valence-electron chi connectivity index (χ0n) is 9.84. The van der Waals surface area contributed by atoms with Gasteiger partial charge in [0.25, 0.3) is 0 Å². The highest BCUT2D eigenvalue weighted by atomic mass is 16.6. The van der Waals surface area contributed by atoms with Gasteiger partial charge in [0.15, 0.2) is 0 Å². The Morgan fingerprint density at radius 3 is 2.53 bits per heavy atom. The minimum atomic E-state index is -0.301. The van der Waals surface area contributed by atoms with E-state index in [-0.39, 0.29) is 17.5 Å². The number of carbonyl (C=O) groups is 1. The molecule has 15 heavy (non-hydrogen) atoms. The van der Waals surface area contributed by atoms with Crippen molar-refractivity contribution in [1.29, 1.82) is 0 Å². The molecule has 0 aromatic rings. The Bertz CT molecular complexity index is 254. The molecule has 3 nitrogen and oxygen atoms in total. The molecule has 3 heteroatoms. The third-order valence-corrected chi connectivity index (χ3v) is 3.02. The van der Waals surface area contributed by atoms with E-state index in [1.54, 1.807) is 6.92 Å². The summed E-state index contributed by atoms with van der Waals surface area (Å²) >= 11 is 0. The minimum Gasteiger partial charge on any atom is -0.459 e. The van der Waals surface area contributed by atoms with Gasteiger partial charge >= 0.3 is 5.97 Å². The summed E-state index contributed by atoms with van der Waals surface area (Å²) in [7, 11) is 0. The van der Waals surface area contributed by atoms with Crippen molar-refractivity contribution in [3.05, 3.63) is 12.2 Å². The van der Waals surface area contributed by atoms with E-state index in [1.165, 1.54) is 0 Å². The van der Waals surface area contributed by atoms with Crippen LogP contribution < -0.4 is 0 Å². The molecule has 0 aliphatic carbocycles. The fraction of sp³-hybridized carbons (Fsp3) is 0.750. The summed E-state index contributed by atoms with van der Waals surface area (Å²) in [4.78, 5) is 11.4. The molecule has 1 saturated heterocycles. The molecule has 0 amide bonds. The molecule has 0 spiro atoms. The molecule has 1 aliphatic rings. The lowest BCUT2D eigenvalue weighted by atomic mass is 9.77. The first-order chi connectivity index (χ1) is 7.02. The number of hydrogen-bond acceptors (Lipinski definition) is 3. The first-order valence-corrected chi connectivity index (χ1v) is 5.46. The summed E-state index contributed by atoms with van der Waals surface area (Å²) in [5, 5.41) is 0. The quantitative estimate of drug-likeness (QED) is 0.518. The molecule has 1 fully saturated rings. The fourth-order valence-corrected chi connectivity index (χ4v) is 1.83. The van der Waals surface area contributed by atoms with Crippen LogP contribution in [0.4, 0.5) is 0 Å². The van der Waals surface area contributed by atoms with Crippen LogP contribution >= 0.6 is 0 Å². The van der Waals surface area contributed by atoms with Crippen molar-refractivity contribution in [1.82, 2.24) is 0 Å². The second kappa shape index (κ2) is 4.79. The average Bonchev–Trinajstić information content (AvgIpc) is 2.10. The average molecular weight is 212 g/mol. The van der Waals surface area contributed by atoms with Gasteiger partial charge < -0.3 is 9.47 Å². The molecular formula is C12H20O3. The zero-order chi connectivity index (χ0) is 11.5. The van der Waals surface area contributed by atoms with E-state index in [2.05, 4.69) is 13.5 Å². The normalized spacial score (nSPS) is 20.2. The lowest BCUT2D eigenvalue weighted by Gasteiger charge is -2.45. The Labute approximate surface area is 91.4 Å². The number of rotatable bonds is 5. The summed E-state index contributed by atoms with van der Waals surface area (Å²) in [6, 6.07) is 0. The topological polar surface area (TPSA) is 35.5 Å². The van der Waals surface area contributed by atoms with Crippen molar-refractivity contribution in [3.8, 4) is 0 Å². The first-order valence-electron chi connectivity index (χ1n) is 5.46. The van der Waals surface area contributed by atoms with Gasteiger partial charge in [-0.2, -0.15) is 0 Å². The number of hydrogen-bond donors (Lipinski definition) is 0. The molecule has 0 N–H and O–H groups in total. The highest BCUT2D eigenvalue weighted by Crippen LogP contribution is 2.38. The van der Waals surface area contributed by atoms with Crippen LogP contribution in [0.5, 0.6) is 0 Å². The highest BCUT2D eigenvalue weighted by Gasteiger charge is 2.44. The molecule has 1 atom stereocenters. The lowest BCUT2D eigenvalue weighted by molar-refractivity contribution is -0.191. The molecule has 86 valence electrons. The molecule has 0 aromatic heterocycles. The third kappa shape index (κ3) is 2.59. The Hall–Kier alpha value is -0.830. The van der Waals surface area contributed by atoms with E-state index in [0.717, 1.165) is 12.8 Å². The van der Waals surface area contributed by atoms with E-state index in [0.29, 0.717) is 18.8 Å². The van der Waals surface area contributed by atoms with Gasteiger partial charge in [-0.25, -0.2) is 4.79 Å². The van der Waals surface area contributed by atoms with E-state index < -0.39 is 0 Å². The van der Waals surface area contributed by atoms with Crippen molar-refractivity contribution in [2.45, 2.75) is 39.7 Å². The van der Waals surface area contributed by atoms with Gasteiger partial charge in [-0.1, -0.05) is 19.9 Å². The summed E-state index contributed by atoms with van der Waals surface area (Å²) in [6.07, 6.45) is 2.03. The first kappa shape index (κ1) is 12.2. The molecule has 0 bridgehead atoms. The molecular weight excluding hydrogens is 192 g/mol.